The zero-order chi connectivity index (χ0) is 14.2. The van der Waals surface area contributed by atoms with Gasteiger partial charge >= 0.3 is 0 Å². The Morgan fingerprint density at radius 1 is 1.20 bits per heavy atom. The van der Waals surface area contributed by atoms with E-state index in [1.165, 1.54) is 43.5 Å². The van der Waals surface area contributed by atoms with Crippen LogP contribution in [0.25, 0.3) is 0 Å². The Kier molecular flexibility index (Phi) is 6.54. The molecule has 20 heavy (non-hydrogen) atoms. The average molecular weight is 339 g/mol. The smallest absolute Gasteiger partial charge is 0.126 e. The summed E-state index contributed by atoms with van der Waals surface area (Å²) in [4.78, 5) is 7.17. The van der Waals surface area contributed by atoms with Gasteiger partial charge in [0.25, 0.3) is 0 Å². The van der Waals surface area contributed by atoms with Gasteiger partial charge in [-0.15, -0.1) is 0 Å². The first-order valence-electron chi connectivity index (χ1n) is 7.37. The predicted molar refractivity (Wildman–Crippen MR) is 87.2 cm³/mol. The fraction of sp³-hybridized carbons (Fsp3) is 0.562. The second-order valence-electron chi connectivity index (χ2n) is 5.31. The van der Waals surface area contributed by atoms with Crippen LogP contribution in [0.5, 0.6) is 0 Å². The molecule has 4 heteroatoms. The van der Waals surface area contributed by atoms with Crippen molar-refractivity contribution in [2.75, 3.05) is 19.7 Å². The Bertz CT molecular complexity index is 442. The molecule has 0 N–H and O–H groups in total. The van der Waals surface area contributed by atoms with Crippen molar-refractivity contribution in [1.29, 1.82) is 0 Å². The minimum atomic E-state index is 0.737. The zero-order valence-electron chi connectivity index (χ0n) is 12.1. The zero-order valence-corrected chi connectivity index (χ0v) is 13.7. The molecule has 110 valence electrons. The summed E-state index contributed by atoms with van der Waals surface area (Å²) in [5.74, 6) is 0. The van der Waals surface area contributed by atoms with Gasteiger partial charge in [-0.25, -0.2) is 0 Å². The molecular formula is C16H23BrN2O. The molecule has 1 saturated heterocycles. The second kappa shape index (κ2) is 8.42. The molecule has 0 spiro atoms. The number of hydrogen-bond donors (Lipinski definition) is 0. The lowest BCUT2D eigenvalue weighted by Gasteiger charge is -2.26. The number of aryl methyl sites for hydroxylation is 1. The molecule has 0 bridgehead atoms. The molecule has 0 saturated carbocycles. The van der Waals surface area contributed by atoms with E-state index in [1.807, 2.05) is 0 Å². The molecule has 3 rings (SSSR count). The van der Waals surface area contributed by atoms with Crippen LogP contribution < -0.4 is 0 Å². The third-order valence-corrected chi connectivity index (χ3v) is 4.21. The Morgan fingerprint density at radius 2 is 1.95 bits per heavy atom. The number of nitrogens with zero attached hydrogens (tertiary/aromatic N) is 2. The number of piperidine rings is 1. The summed E-state index contributed by atoms with van der Waals surface area (Å²) in [6.07, 6.45) is 5.11. The monoisotopic (exact) mass is 338 g/mol. The summed E-state index contributed by atoms with van der Waals surface area (Å²) in [6.45, 7) is 6.66. The Balaban J connectivity index is 0.000000205. The minimum Gasteiger partial charge on any atom is -0.395 e. The number of oxime groups is 1. The molecular weight excluding hydrogens is 316 g/mol. The maximum atomic E-state index is 4.60. The van der Waals surface area contributed by atoms with E-state index in [-0.39, 0.29) is 0 Å². The summed E-state index contributed by atoms with van der Waals surface area (Å²) in [6, 6.07) is 8.73. The van der Waals surface area contributed by atoms with Crippen LogP contribution in [-0.4, -0.2) is 29.2 Å². The molecule has 0 aromatic heterocycles. The highest BCUT2D eigenvalue weighted by Gasteiger charge is 2.10. The molecule has 0 amide bonds. The summed E-state index contributed by atoms with van der Waals surface area (Å²) in [5.41, 5.74) is 2.92. The lowest BCUT2D eigenvalue weighted by atomic mass is 10.1. The van der Waals surface area contributed by atoms with Gasteiger partial charge in [0.2, 0.25) is 0 Å². The maximum Gasteiger partial charge on any atom is 0.126 e. The summed E-state index contributed by atoms with van der Waals surface area (Å²) in [5, 5.41) is 3.57. The number of benzene rings is 1. The van der Waals surface area contributed by atoms with Gasteiger partial charge in [-0.1, -0.05) is 35.8 Å². The Labute approximate surface area is 130 Å². The number of rotatable bonds is 2. The van der Waals surface area contributed by atoms with E-state index in [0.717, 1.165) is 24.2 Å². The lowest BCUT2D eigenvalue weighted by molar-refractivity contribution is 0.174. The van der Waals surface area contributed by atoms with Crippen molar-refractivity contribution < 1.29 is 4.84 Å². The van der Waals surface area contributed by atoms with Crippen molar-refractivity contribution in [2.24, 2.45) is 5.16 Å². The molecule has 2 heterocycles. The molecule has 1 aromatic carbocycles. The van der Waals surface area contributed by atoms with Crippen LogP contribution in [0, 0.1) is 6.92 Å². The van der Waals surface area contributed by atoms with Gasteiger partial charge in [-0.2, -0.15) is 0 Å². The normalized spacial score (nSPS) is 18.8. The van der Waals surface area contributed by atoms with E-state index in [1.54, 1.807) is 0 Å². The van der Waals surface area contributed by atoms with Crippen LogP contribution in [0.15, 0.2) is 29.4 Å². The predicted octanol–water partition coefficient (Wildman–Crippen LogP) is 4.10. The molecule has 1 fully saturated rings. The van der Waals surface area contributed by atoms with Crippen LogP contribution in [0.3, 0.4) is 0 Å². The standard InChI is InChI=1S/C13H19N.C3H4BrNO/c1-12-7-3-4-8-13(12)11-14-9-5-2-6-10-14;4-3-1-2-6-5-3/h3-4,7-8H,2,5-6,9-11H2,1H3;1-2H2. The van der Waals surface area contributed by atoms with Gasteiger partial charge < -0.3 is 4.84 Å². The first-order valence-corrected chi connectivity index (χ1v) is 8.16. The summed E-state index contributed by atoms with van der Waals surface area (Å²) < 4.78 is 0.919. The minimum absolute atomic E-state index is 0.737. The molecule has 2 aliphatic rings. The largest absolute Gasteiger partial charge is 0.395 e. The quantitative estimate of drug-likeness (QED) is 0.811. The van der Waals surface area contributed by atoms with E-state index >= 15 is 0 Å². The molecule has 0 radical (unpaired) electrons. The highest BCUT2D eigenvalue weighted by Crippen LogP contribution is 2.15. The summed E-state index contributed by atoms with van der Waals surface area (Å²) in [7, 11) is 0. The molecule has 0 aliphatic carbocycles. The maximum absolute atomic E-state index is 4.60. The van der Waals surface area contributed by atoms with Gasteiger partial charge in [0.1, 0.15) is 11.2 Å². The van der Waals surface area contributed by atoms with Gasteiger partial charge in [0.15, 0.2) is 0 Å². The molecule has 2 aliphatic heterocycles. The van der Waals surface area contributed by atoms with E-state index in [2.05, 4.69) is 62.0 Å². The highest BCUT2D eigenvalue weighted by atomic mass is 79.9. The lowest BCUT2D eigenvalue weighted by Crippen LogP contribution is -2.29. The third-order valence-electron chi connectivity index (χ3n) is 3.67. The van der Waals surface area contributed by atoms with E-state index < -0.39 is 0 Å². The van der Waals surface area contributed by atoms with Crippen molar-refractivity contribution in [3.05, 3.63) is 35.4 Å². The van der Waals surface area contributed by atoms with Gasteiger partial charge in [0.05, 0.1) is 0 Å². The fourth-order valence-corrected chi connectivity index (χ4v) is 2.70. The number of hydrogen-bond acceptors (Lipinski definition) is 3. The van der Waals surface area contributed by atoms with Gasteiger partial charge in [-0.05, 0) is 59.9 Å². The van der Waals surface area contributed by atoms with Crippen molar-refractivity contribution in [1.82, 2.24) is 4.90 Å². The molecule has 3 nitrogen and oxygen atoms in total. The second-order valence-corrected chi connectivity index (χ2v) is 6.23. The number of halogens is 1. The molecule has 0 atom stereocenters. The highest BCUT2D eigenvalue weighted by molar-refractivity contribution is 9.18. The average Bonchev–Trinajstić information content (AvgIpc) is 2.94. The summed E-state index contributed by atoms with van der Waals surface area (Å²) >= 11 is 3.16. The number of likely N-dealkylation sites (tertiary alicyclic amines) is 1. The van der Waals surface area contributed by atoms with Crippen LogP contribution in [0.2, 0.25) is 0 Å². The van der Waals surface area contributed by atoms with Crippen LogP contribution >= 0.6 is 15.9 Å². The van der Waals surface area contributed by atoms with E-state index in [0.29, 0.717) is 0 Å². The van der Waals surface area contributed by atoms with Crippen molar-refractivity contribution in [3.8, 4) is 0 Å². The van der Waals surface area contributed by atoms with E-state index in [4.69, 9.17) is 0 Å². The first-order chi connectivity index (χ1) is 9.75. The van der Waals surface area contributed by atoms with Gasteiger partial charge in [-0.3, -0.25) is 4.90 Å². The van der Waals surface area contributed by atoms with Crippen molar-refractivity contribution in [2.45, 2.75) is 39.2 Å². The van der Waals surface area contributed by atoms with Crippen LogP contribution in [-0.2, 0) is 11.4 Å². The van der Waals surface area contributed by atoms with E-state index in [9.17, 15) is 0 Å². The Hall–Kier alpha value is -0.870. The fourth-order valence-electron chi connectivity index (χ4n) is 2.44. The topological polar surface area (TPSA) is 24.8 Å². The van der Waals surface area contributed by atoms with Crippen LogP contribution in [0.1, 0.15) is 36.8 Å². The molecule has 1 aromatic rings. The third kappa shape index (κ3) is 5.25. The SMILES string of the molecule is BrC1=NOCC1.Cc1ccccc1CN1CCCCC1. The first kappa shape index (κ1) is 15.5. The van der Waals surface area contributed by atoms with Crippen LogP contribution in [0.4, 0.5) is 0 Å². The van der Waals surface area contributed by atoms with Gasteiger partial charge in [0, 0.05) is 13.0 Å². The molecule has 0 unspecified atom stereocenters. The van der Waals surface area contributed by atoms with Crippen molar-refractivity contribution >= 4 is 20.6 Å². The van der Waals surface area contributed by atoms with Crippen molar-refractivity contribution in [3.63, 3.8) is 0 Å². The Morgan fingerprint density at radius 3 is 2.50 bits per heavy atom.